The van der Waals surface area contributed by atoms with Gasteiger partial charge >= 0.3 is 0 Å². The van der Waals surface area contributed by atoms with Crippen LogP contribution in [0.5, 0.6) is 0 Å². The van der Waals surface area contributed by atoms with Crippen molar-refractivity contribution in [2.75, 3.05) is 4.72 Å². The zero-order valence-electron chi connectivity index (χ0n) is 10.5. The van der Waals surface area contributed by atoms with E-state index in [9.17, 15) is 8.42 Å². The summed E-state index contributed by atoms with van der Waals surface area (Å²) in [6.07, 6.45) is 0. The first-order valence-corrected chi connectivity index (χ1v) is 7.59. The zero-order valence-corrected chi connectivity index (χ0v) is 12.1. The van der Waals surface area contributed by atoms with Gasteiger partial charge in [0.25, 0.3) is 10.0 Å². The van der Waals surface area contributed by atoms with Crippen LogP contribution in [0.2, 0.25) is 5.02 Å². The molecule has 19 heavy (non-hydrogen) atoms. The van der Waals surface area contributed by atoms with Crippen molar-refractivity contribution in [2.45, 2.75) is 24.7 Å². The number of nitrogens with one attached hydrogen (secondary N) is 2. The normalized spacial score (nSPS) is 11.8. The highest BCUT2D eigenvalue weighted by molar-refractivity contribution is 7.92. The monoisotopic (exact) mass is 299 g/mol. The molecule has 0 atom stereocenters. The number of halogens is 1. The van der Waals surface area contributed by atoms with Gasteiger partial charge in [0, 0.05) is 11.8 Å². The zero-order chi connectivity index (χ0) is 14.0. The lowest BCUT2D eigenvalue weighted by Crippen LogP contribution is -2.13. The van der Waals surface area contributed by atoms with Crippen LogP contribution in [-0.2, 0) is 10.0 Å². The maximum absolute atomic E-state index is 12.2. The molecule has 0 unspecified atom stereocenters. The Morgan fingerprint density at radius 2 is 2.00 bits per heavy atom. The van der Waals surface area contributed by atoms with Gasteiger partial charge in [-0.15, -0.1) is 0 Å². The van der Waals surface area contributed by atoms with Crippen LogP contribution < -0.4 is 4.72 Å². The maximum Gasteiger partial charge on any atom is 0.264 e. The standard InChI is InChI=1S/C12H14ClN3O2S/c1-8(2)10-7-12(15-14-10)16-19(17,18)11-6-4-3-5-9(11)13/h3-8H,1-2H3,(H2,14,15,16). The molecular formula is C12H14ClN3O2S. The smallest absolute Gasteiger partial charge is 0.264 e. The Hall–Kier alpha value is -1.53. The van der Waals surface area contributed by atoms with E-state index in [1.807, 2.05) is 13.8 Å². The minimum absolute atomic E-state index is 0.0331. The van der Waals surface area contributed by atoms with Gasteiger partial charge in [-0.3, -0.25) is 9.82 Å². The summed E-state index contributed by atoms with van der Waals surface area (Å²) in [6, 6.07) is 7.93. The summed E-state index contributed by atoms with van der Waals surface area (Å²) >= 11 is 5.88. The van der Waals surface area contributed by atoms with E-state index < -0.39 is 10.0 Å². The van der Waals surface area contributed by atoms with Crippen molar-refractivity contribution in [3.05, 3.63) is 41.0 Å². The van der Waals surface area contributed by atoms with Crippen molar-refractivity contribution in [3.8, 4) is 0 Å². The first-order chi connectivity index (χ1) is 8.90. The molecule has 102 valence electrons. The van der Waals surface area contributed by atoms with E-state index in [4.69, 9.17) is 11.6 Å². The molecule has 2 rings (SSSR count). The van der Waals surface area contributed by atoms with E-state index in [0.717, 1.165) is 5.69 Å². The van der Waals surface area contributed by atoms with Crippen LogP contribution in [0.15, 0.2) is 35.2 Å². The van der Waals surface area contributed by atoms with E-state index in [-0.39, 0.29) is 21.7 Å². The Balaban J connectivity index is 2.29. The quantitative estimate of drug-likeness (QED) is 0.911. The number of aromatic amines is 1. The Morgan fingerprint density at radius 3 is 2.58 bits per heavy atom. The molecule has 1 aromatic heterocycles. The topological polar surface area (TPSA) is 74.8 Å². The second kappa shape index (κ2) is 5.22. The number of H-pyrrole nitrogens is 1. The van der Waals surface area contributed by atoms with Crippen molar-refractivity contribution in [2.24, 2.45) is 0 Å². The van der Waals surface area contributed by atoms with Gasteiger partial charge in [0.2, 0.25) is 0 Å². The molecule has 0 aliphatic carbocycles. The molecule has 0 aliphatic heterocycles. The fourth-order valence-electron chi connectivity index (χ4n) is 1.54. The molecule has 0 fully saturated rings. The van der Waals surface area contributed by atoms with Crippen LogP contribution in [0, 0.1) is 0 Å². The highest BCUT2D eigenvalue weighted by Crippen LogP contribution is 2.23. The summed E-state index contributed by atoms with van der Waals surface area (Å²) in [5.41, 5.74) is 0.858. The first kappa shape index (κ1) is 13.9. The van der Waals surface area contributed by atoms with Crippen molar-refractivity contribution in [3.63, 3.8) is 0 Å². The fourth-order valence-corrected chi connectivity index (χ4v) is 3.05. The Morgan fingerprint density at radius 1 is 1.32 bits per heavy atom. The van der Waals surface area contributed by atoms with Crippen LogP contribution in [-0.4, -0.2) is 18.6 Å². The molecule has 0 radical (unpaired) electrons. The SMILES string of the molecule is CC(C)c1cc(NS(=O)(=O)c2ccccc2Cl)n[nH]1. The molecule has 0 aliphatic rings. The van der Waals surface area contributed by atoms with Crippen molar-refractivity contribution in [1.82, 2.24) is 10.2 Å². The van der Waals surface area contributed by atoms with Crippen LogP contribution in [0.25, 0.3) is 0 Å². The van der Waals surface area contributed by atoms with Crippen molar-refractivity contribution in [1.29, 1.82) is 0 Å². The predicted molar refractivity (Wildman–Crippen MR) is 74.9 cm³/mol. The third-order valence-electron chi connectivity index (χ3n) is 2.58. The van der Waals surface area contributed by atoms with E-state index in [0.29, 0.717) is 0 Å². The summed E-state index contributed by atoms with van der Waals surface area (Å²) in [5, 5.41) is 6.88. The fraction of sp³-hybridized carbons (Fsp3) is 0.250. The van der Waals surface area contributed by atoms with E-state index in [1.165, 1.54) is 12.1 Å². The summed E-state index contributed by atoms with van der Waals surface area (Å²) in [7, 11) is -3.72. The number of aromatic nitrogens is 2. The third-order valence-corrected chi connectivity index (χ3v) is 4.44. The summed E-state index contributed by atoms with van der Waals surface area (Å²) < 4.78 is 26.7. The number of rotatable bonds is 4. The predicted octanol–water partition coefficient (Wildman–Crippen LogP) is 2.99. The average Bonchev–Trinajstić information content (AvgIpc) is 2.77. The lowest BCUT2D eigenvalue weighted by molar-refractivity contribution is 0.601. The van der Waals surface area contributed by atoms with Gasteiger partial charge in [0.1, 0.15) is 4.90 Å². The third kappa shape index (κ3) is 3.08. The van der Waals surface area contributed by atoms with Gasteiger partial charge in [-0.25, -0.2) is 8.42 Å². The van der Waals surface area contributed by atoms with Gasteiger partial charge in [0.15, 0.2) is 5.82 Å². The van der Waals surface area contributed by atoms with Crippen molar-refractivity contribution < 1.29 is 8.42 Å². The molecule has 2 N–H and O–H groups in total. The first-order valence-electron chi connectivity index (χ1n) is 5.73. The molecule has 0 bridgehead atoms. The van der Waals surface area contributed by atoms with Crippen LogP contribution >= 0.6 is 11.6 Å². The molecule has 0 saturated carbocycles. The molecule has 0 amide bonds. The minimum Gasteiger partial charge on any atom is -0.280 e. The summed E-state index contributed by atoms with van der Waals surface area (Å²) in [5.74, 6) is 0.495. The molecule has 0 saturated heterocycles. The number of hydrogen-bond donors (Lipinski definition) is 2. The molecule has 0 spiro atoms. The molecule has 7 heteroatoms. The molecular weight excluding hydrogens is 286 g/mol. The van der Waals surface area contributed by atoms with Gasteiger partial charge in [-0.2, -0.15) is 5.10 Å². The highest BCUT2D eigenvalue weighted by atomic mass is 35.5. The second-order valence-electron chi connectivity index (χ2n) is 4.40. The van der Waals surface area contributed by atoms with E-state index >= 15 is 0 Å². The van der Waals surface area contributed by atoms with Crippen LogP contribution in [0.3, 0.4) is 0 Å². The molecule has 2 aromatic rings. The lowest BCUT2D eigenvalue weighted by Gasteiger charge is -2.06. The second-order valence-corrected chi connectivity index (χ2v) is 6.46. The van der Waals surface area contributed by atoms with E-state index in [2.05, 4.69) is 14.9 Å². The Bertz CT molecular complexity index is 680. The molecule has 5 nitrogen and oxygen atoms in total. The number of anilines is 1. The van der Waals surface area contributed by atoms with Gasteiger partial charge in [-0.05, 0) is 18.1 Å². The van der Waals surface area contributed by atoms with E-state index in [1.54, 1.807) is 18.2 Å². The Labute approximate surface area is 117 Å². The Kier molecular flexibility index (Phi) is 3.82. The summed E-state index contributed by atoms with van der Waals surface area (Å²) in [6.45, 7) is 3.97. The van der Waals surface area contributed by atoms with Gasteiger partial charge in [-0.1, -0.05) is 37.6 Å². The number of nitrogens with zero attached hydrogens (tertiary/aromatic N) is 1. The van der Waals surface area contributed by atoms with Crippen LogP contribution in [0.1, 0.15) is 25.5 Å². The summed E-state index contributed by atoms with van der Waals surface area (Å²) in [4.78, 5) is 0.0331. The number of hydrogen-bond acceptors (Lipinski definition) is 3. The van der Waals surface area contributed by atoms with Gasteiger partial charge in [0.05, 0.1) is 5.02 Å². The highest BCUT2D eigenvalue weighted by Gasteiger charge is 2.19. The number of sulfonamides is 1. The lowest BCUT2D eigenvalue weighted by atomic mass is 10.1. The van der Waals surface area contributed by atoms with Gasteiger partial charge < -0.3 is 0 Å². The number of benzene rings is 1. The molecule has 1 aromatic carbocycles. The largest absolute Gasteiger partial charge is 0.280 e. The maximum atomic E-state index is 12.2. The minimum atomic E-state index is -3.72. The van der Waals surface area contributed by atoms with Crippen molar-refractivity contribution >= 4 is 27.4 Å². The molecule has 1 heterocycles. The van der Waals surface area contributed by atoms with Crippen LogP contribution in [0.4, 0.5) is 5.82 Å². The average molecular weight is 300 g/mol.